The van der Waals surface area contributed by atoms with Gasteiger partial charge in [-0.2, -0.15) is 4.57 Å². The summed E-state index contributed by atoms with van der Waals surface area (Å²) in [5.41, 5.74) is 4.05. The molecule has 0 radical (unpaired) electrons. The van der Waals surface area contributed by atoms with Gasteiger partial charge in [0.15, 0.2) is 0 Å². The lowest BCUT2D eigenvalue weighted by Gasteiger charge is -2.19. The maximum absolute atomic E-state index is 10.5. The average molecular weight is 367 g/mol. The molecule has 0 saturated carbocycles. The second-order valence-corrected chi connectivity index (χ2v) is 7.49. The number of phenolic OH excluding ortho intramolecular Hbond substituents is 1. The smallest absolute Gasteiger partial charge is 0.216 e. The summed E-state index contributed by atoms with van der Waals surface area (Å²) in [5, 5.41) is 29.7. The van der Waals surface area contributed by atoms with Crippen LogP contribution in [-0.2, 0) is 17.3 Å². The van der Waals surface area contributed by atoms with E-state index in [4.69, 9.17) is 9.90 Å². The van der Waals surface area contributed by atoms with Crippen LogP contribution in [0.15, 0.2) is 48.5 Å². The molecule has 3 aromatic rings. The van der Waals surface area contributed by atoms with Gasteiger partial charge in [0.1, 0.15) is 18.5 Å². The number of phenols is 1. The van der Waals surface area contributed by atoms with Crippen molar-refractivity contribution < 1.29 is 24.7 Å². The van der Waals surface area contributed by atoms with Gasteiger partial charge in [0, 0.05) is 17.6 Å². The Morgan fingerprint density at radius 1 is 1.00 bits per heavy atom. The van der Waals surface area contributed by atoms with Crippen molar-refractivity contribution in [3.05, 3.63) is 54.1 Å². The molecule has 0 spiro atoms. The third-order valence-corrected chi connectivity index (χ3v) is 4.30. The first-order valence-electron chi connectivity index (χ1n) is 8.64. The molecule has 0 aliphatic rings. The molecule has 142 valence electrons. The lowest BCUT2D eigenvalue weighted by molar-refractivity contribution is -0.633. The van der Waals surface area contributed by atoms with E-state index in [1.54, 1.807) is 18.2 Å². The normalized spacial score (nSPS) is 11.0. The fraction of sp³-hybridized carbons (Fsp3) is 0.273. The Morgan fingerprint density at radius 3 is 2.07 bits per heavy atom. The second-order valence-electron chi connectivity index (χ2n) is 7.49. The molecule has 2 aromatic carbocycles. The molecule has 5 heteroatoms. The number of aryl methyl sites for hydroxylation is 1. The molecule has 0 fully saturated rings. The molecule has 0 unspecified atom stereocenters. The van der Waals surface area contributed by atoms with E-state index in [0.717, 1.165) is 29.1 Å². The van der Waals surface area contributed by atoms with E-state index in [2.05, 4.69) is 43.5 Å². The third kappa shape index (κ3) is 4.76. The predicted octanol–water partition coefficient (Wildman–Crippen LogP) is 2.80. The Labute approximate surface area is 159 Å². The highest BCUT2D eigenvalue weighted by Gasteiger charge is 2.21. The molecule has 0 bridgehead atoms. The quantitative estimate of drug-likeness (QED) is 0.648. The zero-order chi connectivity index (χ0) is 20.4. The van der Waals surface area contributed by atoms with Gasteiger partial charge in [0.05, 0.1) is 11.5 Å². The Morgan fingerprint density at radius 2 is 1.56 bits per heavy atom. The molecule has 2 N–H and O–H groups in total. The van der Waals surface area contributed by atoms with Crippen LogP contribution in [0.4, 0.5) is 0 Å². The van der Waals surface area contributed by atoms with Gasteiger partial charge < -0.3 is 20.1 Å². The minimum absolute atomic E-state index is 0.0365. The van der Waals surface area contributed by atoms with Gasteiger partial charge in [-0.15, -0.1) is 0 Å². The number of carbonyl (C=O) groups excluding carboxylic acids is 1. The van der Waals surface area contributed by atoms with Gasteiger partial charge in [-0.05, 0) is 48.2 Å². The largest absolute Gasteiger partial charge is 0.550 e. The standard InChI is InChI=1S/C20H21NO2.C2H4O2/c1-20(2,3)14-7-10-17-16(11-14)19(23)12-18(21(17)4)13-5-8-15(22)9-6-13;1-2(3)4/h5-12H,1-4H3,(H,22,23);1H3,(H,3,4). The summed E-state index contributed by atoms with van der Waals surface area (Å²) in [6.45, 7) is 7.46. The number of fused-ring (bicyclic) bond motifs is 1. The van der Waals surface area contributed by atoms with Crippen LogP contribution in [0, 0.1) is 0 Å². The first-order valence-corrected chi connectivity index (χ1v) is 8.64. The number of pyridine rings is 1. The first kappa shape index (κ1) is 20.2. The number of nitrogens with zero attached hydrogens (tertiary/aromatic N) is 1. The molecule has 0 amide bonds. The number of hydrogen-bond donors (Lipinski definition) is 2. The molecule has 5 nitrogen and oxygen atoms in total. The summed E-state index contributed by atoms with van der Waals surface area (Å²) in [4.78, 5) is 8.89. The number of aromatic nitrogens is 1. The number of aromatic hydroxyl groups is 2. The molecular weight excluding hydrogens is 342 g/mol. The van der Waals surface area contributed by atoms with Gasteiger partial charge in [-0.1, -0.05) is 26.8 Å². The molecule has 0 atom stereocenters. The van der Waals surface area contributed by atoms with Gasteiger partial charge in [0.2, 0.25) is 11.2 Å². The van der Waals surface area contributed by atoms with E-state index in [1.165, 1.54) is 5.56 Å². The molecule has 27 heavy (non-hydrogen) atoms. The van der Waals surface area contributed by atoms with E-state index in [0.29, 0.717) is 0 Å². The van der Waals surface area contributed by atoms with Crippen molar-refractivity contribution in [2.45, 2.75) is 33.1 Å². The Kier molecular flexibility index (Phi) is 5.74. The fourth-order valence-corrected chi connectivity index (χ4v) is 2.84. The topological polar surface area (TPSA) is 84.5 Å². The first-order chi connectivity index (χ1) is 12.5. The molecule has 1 aromatic heterocycles. The maximum atomic E-state index is 10.5. The van der Waals surface area contributed by atoms with Crippen molar-refractivity contribution in [1.29, 1.82) is 0 Å². The summed E-state index contributed by atoms with van der Waals surface area (Å²) in [7, 11) is 1.99. The van der Waals surface area contributed by atoms with Crippen molar-refractivity contribution in [2.75, 3.05) is 0 Å². The van der Waals surface area contributed by atoms with Crippen LogP contribution in [0.5, 0.6) is 11.5 Å². The van der Waals surface area contributed by atoms with E-state index in [-0.39, 0.29) is 16.9 Å². The van der Waals surface area contributed by atoms with Gasteiger partial charge >= 0.3 is 0 Å². The van der Waals surface area contributed by atoms with Crippen molar-refractivity contribution in [1.82, 2.24) is 0 Å². The van der Waals surface area contributed by atoms with Crippen LogP contribution in [0.3, 0.4) is 0 Å². The number of benzene rings is 2. The summed E-state index contributed by atoms with van der Waals surface area (Å²) in [6, 6.07) is 15.0. The van der Waals surface area contributed by atoms with Crippen LogP contribution in [0.25, 0.3) is 22.2 Å². The Bertz CT molecular complexity index is 966. The Hall–Kier alpha value is -3.08. The van der Waals surface area contributed by atoms with Crippen molar-refractivity contribution in [3.63, 3.8) is 0 Å². The predicted molar refractivity (Wildman–Crippen MR) is 103 cm³/mol. The van der Waals surface area contributed by atoms with Crippen LogP contribution >= 0.6 is 0 Å². The number of aliphatic carboxylic acids is 1. The number of carboxylic acids is 1. The second kappa shape index (κ2) is 7.66. The van der Waals surface area contributed by atoms with Crippen LogP contribution in [-0.4, -0.2) is 16.2 Å². The highest BCUT2D eigenvalue weighted by Crippen LogP contribution is 2.32. The minimum Gasteiger partial charge on any atom is -0.550 e. The summed E-state index contributed by atoms with van der Waals surface area (Å²) >= 11 is 0. The number of hydrogen-bond acceptors (Lipinski definition) is 4. The van der Waals surface area contributed by atoms with E-state index < -0.39 is 5.97 Å². The number of carboxylic acid groups (broad SMARTS) is 1. The molecular formula is C22H25NO4. The molecule has 0 aliphatic carbocycles. The molecule has 1 heterocycles. The van der Waals surface area contributed by atoms with E-state index >= 15 is 0 Å². The van der Waals surface area contributed by atoms with Crippen LogP contribution in [0.2, 0.25) is 0 Å². The van der Waals surface area contributed by atoms with Crippen molar-refractivity contribution >= 4 is 16.9 Å². The highest BCUT2D eigenvalue weighted by atomic mass is 16.4. The zero-order valence-corrected chi connectivity index (χ0v) is 16.3. The zero-order valence-electron chi connectivity index (χ0n) is 16.3. The lowest BCUT2D eigenvalue weighted by atomic mass is 9.86. The highest BCUT2D eigenvalue weighted by molar-refractivity contribution is 5.85. The van der Waals surface area contributed by atoms with Gasteiger partial charge in [-0.3, -0.25) is 0 Å². The average Bonchev–Trinajstić information content (AvgIpc) is 2.57. The van der Waals surface area contributed by atoms with Crippen LogP contribution in [0.1, 0.15) is 33.3 Å². The molecule has 0 aliphatic heterocycles. The van der Waals surface area contributed by atoms with Crippen molar-refractivity contribution in [3.8, 4) is 22.8 Å². The lowest BCUT2D eigenvalue weighted by Crippen LogP contribution is -2.32. The van der Waals surface area contributed by atoms with Gasteiger partial charge in [-0.25, -0.2) is 0 Å². The monoisotopic (exact) mass is 367 g/mol. The van der Waals surface area contributed by atoms with E-state index in [9.17, 15) is 10.2 Å². The maximum Gasteiger partial charge on any atom is 0.216 e. The molecule has 0 saturated heterocycles. The number of carbonyl (C=O) groups is 1. The number of rotatable bonds is 1. The summed E-state index contributed by atoms with van der Waals surface area (Å²) < 4.78 is 2.06. The Balaban J connectivity index is 0.000000596. The van der Waals surface area contributed by atoms with E-state index in [1.807, 2.05) is 19.2 Å². The summed E-state index contributed by atoms with van der Waals surface area (Å²) in [6.07, 6.45) is 0. The minimum atomic E-state index is -1.08. The third-order valence-electron chi connectivity index (χ3n) is 4.30. The van der Waals surface area contributed by atoms with Gasteiger partial charge in [0.25, 0.3) is 0 Å². The summed E-state index contributed by atoms with van der Waals surface area (Å²) in [5.74, 6) is -0.580. The molecule has 3 rings (SSSR count). The SMILES string of the molecule is CC(=O)[O-].C[n+]1c(-c2ccc(O)cc2)cc(O)c2cc(C(C)(C)C)ccc21. The fourth-order valence-electron chi connectivity index (χ4n) is 2.84. The van der Waals surface area contributed by atoms with Crippen molar-refractivity contribution in [2.24, 2.45) is 7.05 Å². The van der Waals surface area contributed by atoms with Crippen LogP contribution < -0.4 is 9.67 Å².